The predicted molar refractivity (Wildman–Crippen MR) is 80.6 cm³/mol. The number of imidazole rings is 1. The molecule has 0 aliphatic carbocycles. The minimum atomic E-state index is -3.60. The summed E-state index contributed by atoms with van der Waals surface area (Å²) in [6.07, 6.45) is 4.43. The van der Waals surface area contributed by atoms with Crippen molar-refractivity contribution in [2.75, 3.05) is 17.9 Å². The molecule has 112 valence electrons. The molecule has 1 aliphatic heterocycles. The van der Waals surface area contributed by atoms with Gasteiger partial charge in [0.25, 0.3) is 10.0 Å². The van der Waals surface area contributed by atoms with Crippen molar-refractivity contribution in [1.29, 1.82) is 0 Å². The summed E-state index contributed by atoms with van der Waals surface area (Å²) in [5.41, 5.74) is 1.75. The molecule has 3 rings (SSSR count). The van der Waals surface area contributed by atoms with Crippen LogP contribution in [-0.4, -0.2) is 32.0 Å². The lowest BCUT2D eigenvalue weighted by Crippen LogP contribution is -2.32. The lowest BCUT2D eigenvalue weighted by atomic mass is 10.0. The Bertz CT molecular complexity index is 712. The molecule has 2 heterocycles. The normalized spacial score (nSPS) is 19.1. The fourth-order valence-corrected chi connectivity index (χ4v) is 4.20. The summed E-state index contributed by atoms with van der Waals surface area (Å²) in [5, 5.41) is 3.39. The van der Waals surface area contributed by atoms with Crippen molar-refractivity contribution < 1.29 is 8.42 Å². The van der Waals surface area contributed by atoms with Crippen LogP contribution in [0.2, 0.25) is 0 Å². The van der Waals surface area contributed by atoms with Gasteiger partial charge in [-0.15, -0.1) is 0 Å². The van der Waals surface area contributed by atoms with Gasteiger partial charge in [-0.25, -0.2) is 4.98 Å². The first kappa shape index (κ1) is 14.1. The van der Waals surface area contributed by atoms with Gasteiger partial charge in [0.15, 0.2) is 5.03 Å². The van der Waals surface area contributed by atoms with Gasteiger partial charge in [-0.3, -0.25) is 4.31 Å². The quantitative estimate of drug-likeness (QED) is 0.904. The Morgan fingerprint density at radius 1 is 1.38 bits per heavy atom. The Balaban J connectivity index is 2.11. The average Bonchev–Trinajstić information content (AvgIpc) is 2.96. The number of benzene rings is 1. The van der Waals surface area contributed by atoms with E-state index in [0.29, 0.717) is 6.54 Å². The highest BCUT2D eigenvalue weighted by molar-refractivity contribution is 7.92. The average molecular weight is 306 g/mol. The van der Waals surface area contributed by atoms with Gasteiger partial charge in [0.05, 0.1) is 18.2 Å². The molecule has 2 N–H and O–H groups in total. The highest BCUT2D eigenvalue weighted by Gasteiger charge is 2.31. The van der Waals surface area contributed by atoms with Crippen LogP contribution in [-0.2, 0) is 10.0 Å². The Morgan fingerprint density at radius 3 is 2.90 bits per heavy atom. The van der Waals surface area contributed by atoms with E-state index in [9.17, 15) is 8.42 Å². The van der Waals surface area contributed by atoms with E-state index in [2.05, 4.69) is 15.3 Å². The zero-order chi connectivity index (χ0) is 14.9. The van der Waals surface area contributed by atoms with Crippen molar-refractivity contribution in [2.45, 2.75) is 23.9 Å². The van der Waals surface area contributed by atoms with E-state index in [-0.39, 0.29) is 11.1 Å². The van der Waals surface area contributed by atoms with Gasteiger partial charge in [0, 0.05) is 12.6 Å². The molecule has 0 bridgehead atoms. The second-order valence-corrected chi connectivity index (χ2v) is 6.87. The number of hydrogen-bond acceptors (Lipinski definition) is 4. The van der Waals surface area contributed by atoms with E-state index in [1.54, 1.807) is 0 Å². The molecular weight excluding hydrogens is 288 g/mol. The van der Waals surface area contributed by atoms with Crippen LogP contribution in [0, 0.1) is 0 Å². The maximum absolute atomic E-state index is 12.8. The number of para-hydroxylation sites is 1. The van der Waals surface area contributed by atoms with Crippen LogP contribution in [0.25, 0.3) is 0 Å². The molecule has 0 saturated heterocycles. The van der Waals surface area contributed by atoms with Gasteiger partial charge >= 0.3 is 0 Å². The van der Waals surface area contributed by atoms with Gasteiger partial charge in [-0.2, -0.15) is 8.42 Å². The monoisotopic (exact) mass is 306 g/mol. The molecule has 1 aromatic heterocycles. The Kier molecular flexibility index (Phi) is 3.69. The number of hydrogen-bond donors (Lipinski definition) is 2. The van der Waals surface area contributed by atoms with Crippen LogP contribution in [0.15, 0.2) is 41.8 Å². The number of H-pyrrole nitrogens is 1. The number of aromatic nitrogens is 2. The number of nitrogens with zero attached hydrogens (tertiary/aromatic N) is 2. The number of aromatic amines is 1. The second-order valence-electron chi connectivity index (χ2n) is 5.04. The standard InChI is InChI=1S/C14H18N4O2S/c1-15-12-6-4-8-18(13-7-3-2-5-11(12)13)21(19,20)14-9-16-10-17-14/h2-3,5,7,9-10,12,15H,4,6,8H2,1H3,(H,16,17). The van der Waals surface area contributed by atoms with Crippen molar-refractivity contribution in [3.05, 3.63) is 42.4 Å². The van der Waals surface area contributed by atoms with Gasteiger partial charge < -0.3 is 10.3 Å². The molecule has 0 spiro atoms. The van der Waals surface area contributed by atoms with E-state index < -0.39 is 10.0 Å². The fraction of sp³-hybridized carbons (Fsp3) is 0.357. The smallest absolute Gasteiger partial charge is 0.281 e. The maximum atomic E-state index is 12.8. The zero-order valence-electron chi connectivity index (χ0n) is 11.8. The molecule has 1 atom stereocenters. The molecule has 0 fully saturated rings. The molecule has 7 heteroatoms. The summed E-state index contributed by atoms with van der Waals surface area (Å²) in [6.45, 7) is 0.469. The third-order valence-electron chi connectivity index (χ3n) is 3.82. The van der Waals surface area contributed by atoms with E-state index in [4.69, 9.17) is 0 Å². The summed E-state index contributed by atoms with van der Waals surface area (Å²) in [4.78, 5) is 6.51. The Labute approximate surface area is 124 Å². The molecule has 1 unspecified atom stereocenters. The third-order valence-corrected chi connectivity index (χ3v) is 5.56. The topological polar surface area (TPSA) is 78.1 Å². The summed E-state index contributed by atoms with van der Waals surface area (Å²) in [6, 6.07) is 7.82. The van der Waals surface area contributed by atoms with Crippen molar-refractivity contribution in [2.24, 2.45) is 0 Å². The number of fused-ring (bicyclic) bond motifs is 1. The zero-order valence-corrected chi connectivity index (χ0v) is 12.6. The molecule has 21 heavy (non-hydrogen) atoms. The van der Waals surface area contributed by atoms with Crippen LogP contribution in [0.5, 0.6) is 0 Å². The number of anilines is 1. The molecule has 0 radical (unpaired) electrons. The molecule has 0 saturated carbocycles. The second kappa shape index (κ2) is 5.50. The molecule has 1 aliphatic rings. The van der Waals surface area contributed by atoms with Gasteiger partial charge in [-0.1, -0.05) is 18.2 Å². The van der Waals surface area contributed by atoms with Crippen LogP contribution >= 0.6 is 0 Å². The van der Waals surface area contributed by atoms with Gasteiger partial charge in [0.1, 0.15) is 0 Å². The molecule has 1 aromatic carbocycles. The number of sulfonamides is 1. The van der Waals surface area contributed by atoms with Gasteiger partial charge in [0.2, 0.25) is 0 Å². The van der Waals surface area contributed by atoms with E-state index in [1.165, 1.54) is 16.8 Å². The van der Waals surface area contributed by atoms with Crippen LogP contribution < -0.4 is 9.62 Å². The molecule has 0 amide bonds. The van der Waals surface area contributed by atoms with E-state index >= 15 is 0 Å². The molecular formula is C14H18N4O2S. The van der Waals surface area contributed by atoms with Crippen molar-refractivity contribution in [1.82, 2.24) is 15.3 Å². The highest BCUT2D eigenvalue weighted by Crippen LogP contribution is 2.35. The van der Waals surface area contributed by atoms with Crippen LogP contribution in [0.1, 0.15) is 24.4 Å². The Morgan fingerprint density at radius 2 is 2.19 bits per heavy atom. The lowest BCUT2D eigenvalue weighted by molar-refractivity contribution is 0.543. The third kappa shape index (κ3) is 2.43. The number of nitrogens with one attached hydrogen (secondary N) is 2. The van der Waals surface area contributed by atoms with Crippen LogP contribution in [0.4, 0.5) is 5.69 Å². The van der Waals surface area contributed by atoms with E-state index in [0.717, 1.165) is 24.1 Å². The minimum Gasteiger partial charge on any atom is -0.334 e. The van der Waals surface area contributed by atoms with Crippen LogP contribution in [0.3, 0.4) is 0 Å². The summed E-state index contributed by atoms with van der Waals surface area (Å²) < 4.78 is 27.1. The first-order valence-electron chi connectivity index (χ1n) is 6.92. The fourth-order valence-electron chi connectivity index (χ4n) is 2.78. The van der Waals surface area contributed by atoms with Gasteiger partial charge in [-0.05, 0) is 31.5 Å². The first-order valence-corrected chi connectivity index (χ1v) is 8.36. The molecule has 6 nitrogen and oxygen atoms in total. The summed E-state index contributed by atoms with van der Waals surface area (Å²) in [5.74, 6) is 0. The predicted octanol–water partition coefficient (Wildman–Crippen LogP) is 1.66. The van der Waals surface area contributed by atoms with Crippen molar-refractivity contribution in [3.63, 3.8) is 0 Å². The highest BCUT2D eigenvalue weighted by atomic mass is 32.2. The van der Waals surface area contributed by atoms with Crippen molar-refractivity contribution in [3.8, 4) is 0 Å². The SMILES string of the molecule is CNC1CCCN(S(=O)(=O)c2cnc[nH]2)c2ccccc21. The van der Waals surface area contributed by atoms with E-state index in [1.807, 2.05) is 31.3 Å². The lowest BCUT2D eigenvalue weighted by Gasteiger charge is -2.24. The van der Waals surface area contributed by atoms with Crippen molar-refractivity contribution >= 4 is 15.7 Å². The minimum absolute atomic E-state index is 0.125. The molecule has 2 aromatic rings. The largest absolute Gasteiger partial charge is 0.334 e. The maximum Gasteiger partial charge on any atom is 0.281 e. The number of rotatable bonds is 3. The summed E-state index contributed by atoms with van der Waals surface area (Å²) in [7, 11) is -1.70. The Hall–Kier alpha value is -1.86. The summed E-state index contributed by atoms with van der Waals surface area (Å²) >= 11 is 0. The first-order chi connectivity index (χ1) is 10.1.